The van der Waals surface area contributed by atoms with Gasteiger partial charge in [-0.2, -0.15) is 0 Å². The SMILES string of the molecule is CC/C=C\C/C=C\C/C=C\C/C=C\C/C=C\C/C=C\C/C=C\C/C=C\C/C=C\CCCC(=O)NC(COC1OC(CO)C(OC2OC(CO)C(OC3OC(CO)C(O)C(O)C3O)C(O)C2O)C(O)C1O)C(O)/C=C/CCCCCCCCCCCCCCCCCCCCCCCCCCC. The lowest BCUT2D eigenvalue weighted by Crippen LogP contribution is -2.66. The van der Waals surface area contributed by atoms with Crippen LogP contribution in [0.4, 0.5) is 0 Å². The normalized spacial score (nSPS) is 27.0. The predicted molar refractivity (Wildman–Crippen MR) is 401 cm³/mol. The summed E-state index contributed by atoms with van der Waals surface area (Å²) in [6, 6.07) is -1.02. The van der Waals surface area contributed by atoms with Gasteiger partial charge in [0.1, 0.15) is 73.2 Å². The zero-order valence-electron chi connectivity index (χ0n) is 61.8. The number of amides is 1. The number of ether oxygens (including phenoxy) is 6. The van der Waals surface area contributed by atoms with E-state index in [4.69, 9.17) is 28.4 Å². The number of nitrogens with one attached hydrogen (secondary N) is 1. The fourth-order valence-electron chi connectivity index (χ4n) is 12.5. The number of hydrogen-bond donors (Lipinski definition) is 12. The van der Waals surface area contributed by atoms with Gasteiger partial charge in [-0.3, -0.25) is 4.79 Å². The van der Waals surface area contributed by atoms with Crippen molar-refractivity contribution in [3.63, 3.8) is 0 Å². The number of rotatable bonds is 60. The third kappa shape index (κ3) is 41.6. The van der Waals surface area contributed by atoms with Gasteiger partial charge in [0, 0.05) is 6.42 Å². The molecule has 19 heteroatoms. The van der Waals surface area contributed by atoms with Gasteiger partial charge in [-0.15, -0.1) is 0 Å². The zero-order chi connectivity index (χ0) is 73.2. The number of aliphatic hydroxyl groups excluding tert-OH is 11. The smallest absolute Gasteiger partial charge is 0.220 e. The molecule has 0 aromatic heterocycles. The molecule has 3 aliphatic heterocycles. The Balaban J connectivity index is 1.43. The molecular weight excluding hydrogens is 1290 g/mol. The molecule has 0 spiro atoms. The van der Waals surface area contributed by atoms with Gasteiger partial charge in [0.2, 0.25) is 5.91 Å². The van der Waals surface area contributed by atoms with E-state index in [-0.39, 0.29) is 18.9 Å². The molecule has 0 bridgehead atoms. The van der Waals surface area contributed by atoms with Crippen molar-refractivity contribution in [2.45, 2.75) is 362 Å². The van der Waals surface area contributed by atoms with Gasteiger partial charge in [-0.25, -0.2) is 0 Å². The highest BCUT2D eigenvalue weighted by molar-refractivity contribution is 5.76. The quantitative estimate of drug-likeness (QED) is 0.0199. The number of hydrogen-bond acceptors (Lipinski definition) is 18. The van der Waals surface area contributed by atoms with Crippen LogP contribution in [0.5, 0.6) is 0 Å². The molecule has 3 rings (SSSR count). The van der Waals surface area contributed by atoms with E-state index in [1.54, 1.807) is 6.08 Å². The molecule has 3 aliphatic rings. The molecule has 0 saturated carbocycles. The first-order valence-corrected chi connectivity index (χ1v) is 39.3. The van der Waals surface area contributed by atoms with Crippen molar-refractivity contribution in [3.05, 3.63) is 122 Å². The van der Waals surface area contributed by atoms with Gasteiger partial charge in [0.15, 0.2) is 18.9 Å². The van der Waals surface area contributed by atoms with E-state index in [2.05, 4.69) is 122 Å². The van der Waals surface area contributed by atoms with Crippen molar-refractivity contribution >= 4 is 5.91 Å². The summed E-state index contributed by atoms with van der Waals surface area (Å²) in [7, 11) is 0. The van der Waals surface area contributed by atoms with E-state index in [1.165, 1.54) is 141 Å². The predicted octanol–water partition coefficient (Wildman–Crippen LogP) is 12.7. The van der Waals surface area contributed by atoms with Gasteiger partial charge in [-0.1, -0.05) is 289 Å². The zero-order valence-corrected chi connectivity index (χ0v) is 61.8. The molecule has 0 radical (unpaired) electrons. The maximum absolute atomic E-state index is 13.4. The molecule has 0 aliphatic carbocycles. The molecular formula is C82H139NO18. The molecule has 3 saturated heterocycles. The minimum absolute atomic E-state index is 0.155. The first kappa shape index (κ1) is 91.4. The average Bonchev–Trinajstić information content (AvgIpc) is 0.796. The van der Waals surface area contributed by atoms with Crippen molar-refractivity contribution in [2.75, 3.05) is 26.4 Å². The van der Waals surface area contributed by atoms with Crippen molar-refractivity contribution in [1.82, 2.24) is 5.32 Å². The third-order valence-electron chi connectivity index (χ3n) is 18.8. The van der Waals surface area contributed by atoms with Crippen molar-refractivity contribution < 1.29 is 89.4 Å². The molecule has 17 atom stereocenters. The van der Waals surface area contributed by atoms with Gasteiger partial charge < -0.3 is 89.9 Å². The van der Waals surface area contributed by atoms with Gasteiger partial charge in [0.05, 0.1) is 38.6 Å². The molecule has 1 amide bonds. The second-order valence-corrected chi connectivity index (χ2v) is 27.4. The molecule has 3 heterocycles. The number of carbonyl (C=O) groups is 1. The van der Waals surface area contributed by atoms with E-state index in [9.17, 15) is 61.0 Å². The van der Waals surface area contributed by atoms with E-state index in [0.717, 1.165) is 83.5 Å². The Labute approximate surface area is 608 Å². The first-order valence-electron chi connectivity index (χ1n) is 39.3. The van der Waals surface area contributed by atoms with Gasteiger partial charge in [0.25, 0.3) is 0 Å². The second kappa shape index (κ2) is 61.4. The largest absolute Gasteiger partial charge is 0.394 e. The molecule has 19 nitrogen and oxygen atoms in total. The second-order valence-electron chi connectivity index (χ2n) is 27.4. The molecule has 0 aromatic carbocycles. The highest BCUT2D eigenvalue weighted by Crippen LogP contribution is 2.33. The lowest BCUT2D eigenvalue weighted by atomic mass is 9.96. The standard InChI is InChI=1S/C82H139NO18/c1-3-5-7-9-11-13-15-17-19-21-23-25-27-29-31-32-34-36-38-40-42-44-46-48-50-52-54-56-58-60-70(88)83-65(66(87)59-57-55-53-51-49-47-45-43-41-39-37-35-33-30-28-26-24-22-20-18-16-14-12-10-8-6-4-2)64-96-80-76(94)73(91)78(68(62-85)98-80)101-82-77(95)74(92)79(69(63-86)99-82)100-81-75(93)72(90)71(89)67(61-84)97-81/h5,7,11,13,17,19,23,25,29,31,34,36,40,42,46,48,52,54,57,59,65-69,71-82,84-87,89-95H,3-4,6,8-10,12,14-16,18,20-22,24,26-28,30,32-33,35,37-39,41,43-45,47,49-51,53,55-56,58,60-64H2,1-2H3,(H,83,88)/b7-5-,13-11-,19-17-,25-23-,31-29-,36-34-,42-40-,48-46-,54-52-,59-57+. The van der Waals surface area contributed by atoms with Gasteiger partial charge in [-0.05, 0) is 83.5 Å². The highest BCUT2D eigenvalue weighted by atomic mass is 16.8. The number of unbranched alkanes of at least 4 members (excludes halogenated alkanes) is 26. The summed E-state index contributed by atoms with van der Waals surface area (Å²) < 4.78 is 34.4. The summed E-state index contributed by atoms with van der Waals surface area (Å²) >= 11 is 0. The fraction of sp³-hybridized carbons (Fsp3) is 0.744. The lowest BCUT2D eigenvalue weighted by molar-refractivity contribution is -0.379. The van der Waals surface area contributed by atoms with Crippen molar-refractivity contribution in [1.29, 1.82) is 0 Å². The Morgan fingerprint density at radius 2 is 0.683 bits per heavy atom. The molecule has 12 N–H and O–H groups in total. The summed E-state index contributed by atoms with van der Waals surface area (Å²) in [5.41, 5.74) is 0. The van der Waals surface area contributed by atoms with E-state index in [0.29, 0.717) is 12.8 Å². The van der Waals surface area contributed by atoms with Crippen molar-refractivity contribution in [3.8, 4) is 0 Å². The summed E-state index contributed by atoms with van der Waals surface area (Å²) in [6.45, 7) is 1.59. The number of allylic oxidation sites excluding steroid dienone is 19. The van der Waals surface area contributed by atoms with E-state index >= 15 is 0 Å². The summed E-state index contributed by atoms with van der Waals surface area (Å²) in [6.07, 6.45) is 58.9. The Morgan fingerprint density at radius 1 is 0.366 bits per heavy atom. The Bertz CT molecular complexity index is 2300. The summed E-state index contributed by atoms with van der Waals surface area (Å²) in [5.74, 6) is -0.336. The Hall–Kier alpha value is -3.81. The maximum Gasteiger partial charge on any atom is 0.220 e. The minimum atomic E-state index is -1.99. The number of carbonyl (C=O) groups excluding carboxylic acids is 1. The third-order valence-corrected chi connectivity index (χ3v) is 18.8. The Morgan fingerprint density at radius 3 is 1.06 bits per heavy atom. The molecule has 0 aromatic rings. The van der Waals surface area contributed by atoms with Crippen LogP contribution in [0.3, 0.4) is 0 Å². The van der Waals surface area contributed by atoms with E-state index < -0.39 is 124 Å². The van der Waals surface area contributed by atoms with Crippen LogP contribution >= 0.6 is 0 Å². The lowest BCUT2D eigenvalue weighted by Gasteiger charge is -2.48. The van der Waals surface area contributed by atoms with Crippen LogP contribution < -0.4 is 5.32 Å². The fourth-order valence-corrected chi connectivity index (χ4v) is 12.5. The molecule has 580 valence electrons. The van der Waals surface area contributed by atoms with Crippen molar-refractivity contribution in [2.24, 2.45) is 0 Å². The van der Waals surface area contributed by atoms with Crippen LogP contribution in [0, 0.1) is 0 Å². The summed E-state index contributed by atoms with van der Waals surface area (Å²) in [4.78, 5) is 13.4. The molecule has 3 fully saturated rings. The highest BCUT2D eigenvalue weighted by Gasteiger charge is 2.53. The monoisotopic (exact) mass is 1430 g/mol. The molecule has 17 unspecified atom stereocenters. The van der Waals surface area contributed by atoms with Gasteiger partial charge >= 0.3 is 0 Å². The molecule has 101 heavy (non-hydrogen) atoms. The first-order chi connectivity index (χ1) is 49.3. The van der Waals surface area contributed by atoms with Crippen LogP contribution in [-0.4, -0.2) is 193 Å². The van der Waals surface area contributed by atoms with Crippen LogP contribution in [0.1, 0.15) is 258 Å². The van der Waals surface area contributed by atoms with Crippen LogP contribution in [0.15, 0.2) is 122 Å². The number of aliphatic hydroxyl groups is 11. The van der Waals surface area contributed by atoms with E-state index in [1.807, 2.05) is 12.2 Å². The minimum Gasteiger partial charge on any atom is -0.394 e. The summed E-state index contributed by atoms with van der Waals surface area (Å²) in [5, 5.41) is 121. The maximum atomic E-state index is 13.4. The van der Waals surface area contributed by atoms with Crippen LogP contribution in [-0.2, 0) is 33.2 Å². The topological polar surface area (TPSA) is 307 Å². The van der Waals surface area contributed by atoms with Crippen LogP contribution in [0.25, 0.3) is 0 Å². The average molecular weight is 1430 g/mol. The van der Waals surface area contributed by atoms with Crippen LogP contribution in [0.2, 0.25) is 0 Å². The Kier molecular flexibility index (Phi) is 55.5.